The first-order valence-electron chi connectivity index (χ1n) is 2.66. The number of ether oxygens (including phenoxy) is 1. The second-order valence-electron chi connectivity index (χ2n) is 1.36. The molecule has 0 aromatic rings. The summed E-state index contributed by atoms with van der Waals surface area (Å²) < 4.78 is 4.57. The second kappa shape index (κ2) is 5.63. The summed E-state index contributed by atoms with van der Waals surface area (Å²) >= 11 is 5.24. The molecule has 0 atom stereocenters. The summed E-state index contributed by atoms with van der Waals surface area (Å²) in [6.07, 6.45) is 2.98. The molecule has 0 N–H and O–H groups in total. The van der Waals surface area contributed by atoms with Crippen LogP contribution >= 0.6 is 11.6 Å². The maximum atomic E-state index is 10.4. The molecule has 0 aliphatic rings. The fourth-order valence-corrected chi connectivity index (χ4v) is 0.401. The van der Waals surface area contributed by atoms with E-state index in [-0.39, 0.29) is 12.6 Å². The highest BCUT2D eigenvalue weighted by molar-refractivity contribution is 6.18. The van der Waals surface area contributed by atoms with Crippen molar-refractivity contribution in [2.75, 3.05) is 12.5 Å². The summed E-state index contributed by atoms with van der Waals surface area (Å²) in [5.74, 6) is 0.0154. The number of hydrogen-bond donors (Lipinski definition) is 0. The molecule has 0 amide bonds. The van der Waals surface area contributed by atoms with E-state index >= 15 is 0 Å². The van der Waals surface area contributed by atoms with Gasteiger partial charge in [-0.1, -0.05) is 6.08 Å². The summed E-state index contributed by atoms with van der Waals surface area (Å²) in [5.41, 5.74) is 0. The topological polar surface area (TPSA) is 26.3 Å². The lowest BCUT2D eigenvalue weighted by atomic mass is 10.5. The summed E-state index contributed by atoms with van der Waals surface area (Å²) in [6, 6.07) is 0. The van der Waals surface area contributed by atoms with Gasteiger partial charge in [-0.2, -0.15) is 0 Å². The van der Waals surface area contributed by atoms with E-state index in [1.54, 1.807) is 13.0 Å². The highest BCUT2D eigenvalue weighted by Crippen LogP contribution is 1.82. The molecule has 0 saturated carbocycles. The molecule has 0 radical (unpaired) electrons. The van der Waals surface area contributed by atoms with E-state index in [4.69, 9.17) is 11.6 Å². The zero-order valence-electron chi connectivity index (χ0n) is 5.26. The minimum absolute atomic E-state index is 0.282. The Balaban J connectivity index is 3.27. The lowest BCUT2D eigenvalue weighted by Crippen LogP contribution is -2.02. The largest absolute Gasteiger partial charge is 0.461 e. The van der Waals surface area contributed by atoms with Gasteiger partial charge < -0.3 is 4.74 Å². The number of rotatable bonds is 3. The summed E-state index contributed by atoms with van der Waals surface area (Å²) in [5, 5.41) is 0. The molecule has 0 heterocycles. The molecule has 0 spiro atoms. The van der Waals surface area contributed by atoms with Gasteiger partial charge in [0.15, 0.2) is 0 Å². The SMILES string of the molecule is C/C=C/C(=O)OCCCl. The molecule has 0 saturated heterocycles. The van der Waals surface area contributed by atoms with Crippen molar-refractivity contribution in [3.05, 3.63) is 12.2 Å². The third kappa shape index (κ3) is 5.37. The van der Waals surface area contributed by atoms with Gasteiger partial charge in [-0.05, 0) is 6.92 Å². The van der Waals surface area contributed by atoms with E-state index in [1.165, 1.54) is 6.08 Å². The first kappa shape index (κ1) is 8.50. The van der Waals surface area contributed by atoms with Gasteiger partial charge in [0.25, 0.3) is 0 Å². The maximum Gasteiger partial charge on any atom is 0.330 e. The summed E-state index contributed by atoms with van der Waals surface area (Å²) in [4.78, 5) is 10.4. The van der Waals surface area contributed by atoms with E-state index < -0.39 is 0 Å². The third-order valence-electron chi connectivity index (χ3n) is 0.624. The van der Waals surface area contributed by atoms with Crippen LogP contribution in [0.25, 0.3) is 0 Å². The van der Waals surface area contributed by atoms with Crippen LogP contribution in [0.2, 0.25) is 0 Å². The first-order valence-corrected chi connectivity index (χ1v) is 3.20. The maximum absolute atomic E-state index is 10.4. The lowest BCUT2D eigenvalue weighted by Gasteiger charge is -1.94. The number of halogens is 1. The van der Waals surface area contributed by atoms with E-state index in [1.807, 2.05) is 0 Å². The molecule has 0 fully saturated rings. The molecular weight excluding hydrogens is 140 g/mol. The van der Waals surface area contributed by atoms with Gasteiger partial charge in [0.05, 0.1) is 5.88 Å². The molecular formula is C6H9ClO2. The number of esters is 1. The Bertz CT molecular complexity index is 110. The highest BCUT2D eigenvalue weighted by atomic mass is 35.5. The number of hydrogen-bond acceptors (Lipinski definition) is 2. The Kier molecular flexibility index (Phi) is 5.32. The standard InChI is InChI=1S/C6H9ClO2/c1-2-3-6(8)9-5-4-7/h2-3H,4-5H2,1H3/b3-2+. The average molecular weight is 149 g/mol. The van der Waals surface area contributed by atoms with Crippen LogP contribution in [0.4, 0.5) is 0 Å². The monoisotopic (exact) mass is 148 g/mol. The Hall–Kier alpha value is -0.500. The third-order valence-corrected chi connectivity index (χ3v) is 0.779. The van der Waals surface area contributed by atoms with Gasteiger partial charge >= 0.3 is 5.97 Å². The van der Waals surface area contributed by atoms with E-state index in [9.17, 15) is 4.79 Å². The average Bonchev–Trinajstić information content (AvgIpc) is 1.85. The molecule has 0 unspecified atom stereocenters. The van der Waals surface area contributed by atoms with Crippen molar-refractivity contribution in [2.24, 2.45) is 0 Å². The zero-order valence-corrected chi connectivity index (χ0v) is 6.02. The Morgan fingerprint density at radius 2 is 2.44 bits per heavy atom. The van der Waals surface area contributed by atoms with Crippen LogP contribution < -0.4 is 0 Å². The minimum atomic E-state index is -0.335. The van der Waals surface area contributed by atoms with Gasteiger partial charge in [0, 0.05) is 6.08 Å². The van der Waals surface area contributed by atoms with Gasteiger partial charge in [-0.3, -0.25) is 0 Å². The molecule has 0 aliphatic heterocycles. The zero-order chi connectivity index (χ0) is 7.11. The lowest BCUT2D eigenvalue weighted by molar-refractivity contribution is -0.137. The minimum Gasteiger partial charge on any atom is -0.461 e. The van der Waals surface area contributed by atoms with Crippen LogP contribution in [0.1, 0.15) is 6.92 Å². The highest BCUT2D eigenvalue weighted by Gasteiger charge is 1.91. The fourth-order valence-electron chi connectivity index (χ4n) is 0.323. The summed E-state index contributed by atoms with van der Waals surface area (Å²) in [6.45, 7) is 2.03. The van der Waals surface area contributed by atoms with Gasteiger partial charge in [-0.15, -0.1) is 11.6 Å². The van der Waals surface area contributed by atoms with Crippen LogP contribution in [-0.2, 0) is 9.53 Å². The molecule has 0 aromatic carbocycles. The van der Waals surface area contributed by atoms with Crippen molar-refractivity contribution in [3.8, 4) is 0 Å². The van der Waals surface area contributed by atoms with Crippen LogP contribution in [0, 0.1) is 0 Å². The molecule has 0 rings (SSSR count). The van der Waals surface area contributed by atoms with Gasteiger partial charge in [-0.25, -0.2) is 4.79 Å². The number of carbonyl (C=O) groups is 1. The smallest absolute Gasteiger partial charge is 0.330 e. The van der Waals surface area contributed by atoms with Crippen molar-refractivity contribution < 1.29 is 9.53 Å². The van der Waals surface area contributed by atoms with Crippen LogP contribution in [0.5, 0.6) is 0 Å². The van der Waals surface area contributed by atoms with Crippen LogP contribution in [0.3, 0.4) is 0 Å². The second-order valence-corrected chi connectivity index (χ2v) is 1.73. The van der Waals surface area contributed by atoms with Crippen LogP contribution in [-0.4, -0.2) is 18.5 Å². The van der Waals surface area contributed by atoms with Crippen molar-refractivity contribution in [2.45, 2.75) is 6.92 Å². The molecule has 3 heteroatoms. The Labute approximate surface area is 59.5 Å². The molecule has 0 bridgehead atoms. The molecule has 0 aromatic heterocycles. The van der Waals surface area contributed by atoms with E-state index in [2.05, 4.69) is 4.74 Å². The number of carbonyl (C=O) groups excluding carboxylic acids is 1. The van der Waals surface area contributed by atoms with Crippen molar-refractivity contribution in [3.63, 3.8) is 0 Å². The Morgan fingerprint density at radius 3 is 2.89 bits per heavy atom. The predicted molar refractivity (Wildman–Crippen MR) is 36.5 cm³/mol. The van der Waals surface area contributed by atoms with Gasteiger partial charge in [0.1, 0.15) is 6.61 Å². The van der Waals surface area contributed by atoms with E-state index in [0.29, 0.717) is 5.88 Å². The predicted octanol–water partition coefficient (Wildman–Crippen LogP) is 1.34. The van der Waals surface area contributed by atoms with Crippen molar-refractivity contribution >= 4 is 17.6 Å². The van der Waals surface area contributed by atoms with Crippen molar-refractivity contribution in [1.82, 2.24) is 0 Å². The van der Waals surface area contributed by atoms with Crippen molar-refractivity contribution in [1.29, 1.82) is 0 Å². The number of allylic oxidation sites excluding steroid dienone is 1. The van der Waals surface area contributed by atoms with E-state index in [0.717, 1.165) is 0 Å². The first-order chi connectivity index (χ1) is 4.31. The Morgan fingerprint density at radius 1 is 1.78 bits per heavy atom. The quantitative estimate of drug-likeness (QED) is 0.343. The van der Waals surface area contributed by atoms with Crippen LogP contribution in [0.15, 0.2) is 12.2 Å². The fraction of sp³-hybridized carbons (Fsp3) is 0.500. The molecule has 52 valence electrons. The summed E-state index contributed by atoms with van der Waals surface area (Å²) in [7, 11) is 0. The molecule has 0 aliphatic carbocycles. The van der Waals surface area contributed by atoms with Gasteiger partial charge in [0.2, 0.25) is 0 Å². The normalized spacial score (nSPS) is 10.0. The molecule has 9 heavy (non-hydrogen) atoms. The molecule has 2 nitrogen and oxygen atoms in total. The number of alkyl halides is 1.